The molecular weight excluding hydrogens is 396 g/mol. The summed E-state index contributed by atoms with van der Waals surface area (Å²) < 4.78 is 17.6. The molecule has 0 aromatic rings. The van der Waals surface area contributed by atoms with Crippen LogP contribution in [0.5, 0.6) is 0 Å². The highest BCUT2D eigenvalue weighted by Gasteiger charge is 2.57. The van der Waals surface area contributed by atoms with Gasteiger partial charge in [-0.25, -0.2) is 0 Å². The van der Waals surface area contributed by atoms with Gasteiger partial charge in [0.15, 0.2) is 0 Å². The van der Waals surface area contributed by atoms with Crippen LogP contribution in [0, 0.1) is 5.41 Å². The summed E-state index contributed by atoms with van der Waals surface area (Å²) in [6.07, 6.45) is 2.13. The summed E-state index contributed by atoms with van der Waals surface area (Å²) in [5, 5.41) is 9.67. The van der Waals surface area contributed by atoms with Crippen LogP contribution in [-0.4, -0.2) is 46.5 Å². The molecule has 3 fully saturated rings. The number of carboxylic acids is 1. The highest BCUT2D eigenvalue weighted by atomic mass is 79.9. The topological polar surface area (TPSA) is 65.0 Å². The molecule has 20 heavy (non-hydrogen) atoms. The molecule has 3 saturated heterocycles. The second kappa shape index (κ2) is 6.60. The summed E-state index contributed by atoms with van der Waals surface area (Å²) in [5.74, 6) is -1.74. The summed E-state index contributed by atoms with van der Waals surface area (Å²) in [5.41, 5.74) is -0.233. The predicted octanol–water partition coefficient (Wildman–Crippen LogP) is 2.90. The van der Waals surface area contributed by atoms with Crippen molar-refractivity contribution >= 4 is 37.8 Å². The summed E-state index contributed by atoms with van der Waals surface area (Å²) in [4.78, 5) is 10.7. The number of aliphatic carboxylic acids is 1. The van der Waals surface area contributed by atoms with Gasteiger partial charge < -0.3 is 19.3 Å². The van der Waals surface area contributed by atoms with Gasteiger partial charge in [-0.3, -0.25) is 4.79 Å². The predicted molar refractivity (Wildman–Crippen MR) is 80.2 cm³/mol. The highest BCUT2D eigenvalue weighted by Crippen LogP contribution is 2.47. The maximum atomic E-state index is 10.7. The Kier molecular flexibility index (Phi) is 5.51. The van der Waals surface area contributed by atoms with Crippen molar-refractivity contribution in [3.05, 3.63) is 0 Å². The molecule has 3 rings (SSSR count). The molecule has 116 valence electrons. The van der Waals surface area contributed by atoms with E-state index in [1.54, 1.807) is 0 Å². The zero-order valence-electron chi connectivity index (χ0n) is 11.4. The van der Waals surface area contributed by atoms with Crippen LogP contribution >= 0.6 is 31.9 Å². The van der Waals surface area contributed by atoms with Crippen molar-refractivity contribution in [2.45, 2.75) is 49.5 Å². The van der Waals surface area contributed by atoms with Crippen LogP contribution in [0.15, 0.2) is 0 Å². The third-order valence-corrected chi connectivity index (χ3v) is 5.31. The van der Waals surface area contributed by atoms with E-state index in [1.165, 1.54) is 0 Å². The van der Waals surface area contributed by atoms with E-state index in [9.17, 15) is 4.79 Å². The molecule has 0 saturated carbocycles. The van der Waals surface area contributed by atoms with Crippen LogP contribution in [0.1, 0.15) is 32.6 Å². The first-order valence-electron chi connectivity index (χ1n) is 6.78. The van der Waals surface area contributed by atoms with Crippen LogP contribution in [0.25, 0.3) is 0 Å². The number of hydrogen-bond acceptors (Lipinski definition) is 4. The Hall–Kier alpha value is 0.310. The van der Waals surface area contributed by atoms with Crippen LogP contribution in [-0.2, 0) is 19.0 Å². The molecular formula is C13H20Br2O5. The molecule has 3 aliphatic heterocycles. The fourth-order valence-corrected chi connectivity index (χ4v) is 3.87. The lowest BCUT2D eigenvalue weighted by Crippen LogP contribution is -2.65. The Morgan fingerprint density at radius 3 is 2.65 bits per heavy atom. The summed E-state index contributed by atoms with van der Waals surface area (Å²) in [6.45, 7) is 3.21. The molecule has 0 aromatic heterocycles. The summed E-state index contributed by atoms with van der Waals surface area (Å²) in [6, 6.07) is 0. The minimum absolute atomic E-state index is 0.0141. The fourth-order valence-electron chi connectivity index (χ4n) is 2.61. The molecule has 3 aliphatic rings. The van der Waals surface area contributed by atoms with E-state index in [-0.39, 0.29) is 22.8 Å². The van der Waals surface area contributed by atoms with Gasteiger partial charge in [0.25, 0.3) is 5.97 Å². The number of ether oxygens (including phenoxy) is 3. The van der Waals surface area contributed by atoms with Gasteiger partial charge in [-0.1, -0.05) is 38.8 Å². The van der Waals surface area contributed by atoms with Gasteiger partial charge in [0, 0.05) is 28.4 Å². The van der Waals surface area contributed by atoms with E-state index in [0.717, 1.165) is 11.8 Å². The Balaban J connectivity index is 2.02. The lowest BCUT2D eigenvalue weighted by Gasteiger charge is -2.56. The summed E-state index contributed by atoms with van der Waals surface area (Å²) >= 11 is 6.99. The zero-order chi connectivity index (χ0) is 14.8. The number of carbonyl (C=O) groups is 1. The number of fused-ring (bicyclic) bond motifs is 3. The van der Waals surface area contributed by atoms with E-state index in [2.05, 4.69) is 38.8 Å². The monoisotopic (exact) mass is 414 g/mol. The molecule has 1 N–H and O–H groups in total. The van der Waals surface area contributed by atoms with Crippen LogP contribution < -0.4 is 0 Å². The standard InChI is InChI=1S/C13H20Br2O5/c1-12-7-18-13(19-8-12,5-2-6-14)20-11(12)9(15)3-4-10(16)17/h9,11H,2-8H2,1H3,(H,16,17). The van der Waals surface area contributed by atoms with E-state index in [1.807, 2.05) is 0 Å². The minimum atomic E-state index is -0.953. The second-order valence-electron chi connectivity index (χ2n) is 5.69. The largest absolute Gasteiger partial charge is 0.481 e. The smallest absolute Gasteiger partial charge is 0.303 e. The molecule has 2 atom stereocenters. The third kappa shape index (κ3) is 3.55. The maximum Gasteiger partial charge on any atom is 0.303 e. The first kappa shape index (κ1) is 16.7. The lowest BCUT2D eigenvalue weighted by atomic mass is 9.80. The first-order valence-corrected chi connectivity index (χ1v) is 8.82. The van der Waals surface area contributed by atoms with Crippen molar-refractivity contribution in [2.75, 3.05) is 18.5 Å². The van der Waals surface area contributed by atoms with Gasteiger partial charge >= 0.3 is 5.97 Å². The van der Waals surface area contributed by atoms with Crippen molar-refractivity contribution in [2.24, 2.45) is 5.41 Å². The van der Waals surface area contributed by atoms with Crippen molar-refractivity contribution in [3.8, 4) is 0 Å². The van der Waals surface area contributed by atoms with Gasteiger partial charge in [0.2, 0.25) is 0 Å². The normalized spacial score (nSPS) is 37.9. The highest BCUT2D eigenvalue weighted by molar-refractivity contribution is 9.09. The molecule has 5 nitrogen and oxygen atoms in total. The summed E-state index contributed by atoms with van der Waals surface area (Å²) in [7, 11) is 0. The fraction of sp³-hybridized carbons (Fsp3) is 0.923. The van der Waals surface area contributed by atoms with Crippen LogP contribution in [0.3, 0.4) is 0 Å². The number of rotatable bonds is 7. The van der Waals surface area contributed by atoms with Gasteiger partial charge in [0.05, 0.1) is 19.3 Å². The first-order chi connectivity index (χ1) is 9.41. The molecule has 0 amide bonds. The molecule has 0 spiro atoms. The molecule has 0 aliphatic carbocycles. The zero-order valence-corrected chi connectivity index (χ0v) is 14.6. The molecule has 0 aromatic carbocycles. The third-order valence-electron chi connectivity index (χ3n) is 3.82. The quantitative estimate of drug-likeness (QED) is 0.647. The molecule has 0 radical (unpaired) electrons. The van der Waals surface area contributed by atoms with Crippen LogP contribution in [0.4, 0.5) is 0 Å². The van der Waals surface area contributed by atoms with Crippen molar-refractivity contribution in [1.82, 2.24) is 0 Å². The molecule has 2 bridgehead atoms. The van der Waals surface area contributed by atoms with Gasteiger partial charge in [-0.2, -0.15) is 0 Å². The Morgan fingerprint density at radius 1 is 1.45 bits per heavy atom. The van der Waals surface area contributed by atoms with Crippen molar-refractivity contribution in [3.63, 3.8) is 0 Å². The number of hydrogen-bond donors (Lipinski definition) is 1. The molecule has 3 heterocycles. The van der Waals surface area contributed by atoms with E-state index < -0.39 is 11.9 Å². The number of carboxylic acid groups (broad SMARTS) is 1. The molecule has 7 heteroatoms. The van der Waals surface area contributed by atoms with E-state index in [4.69, 9.17) is 19.3 Å². The SMILES string of the molecule is CC12COC(CCCBr)(OC1)OC2C(Br)CCC(=O)O. The average Bonchev–Trinajstić information content (AvgIpc) is 2.43. The Bertz CT molecular complexity index is 349. The Morgan fingerprint density at radius 2 is 2.10 bits per heavy atom. The van der Waals surface area contributed by atoms with Gasteiger partial charge in [-0.05, 0) is 12.8 Å². The molecule has 2 unspecified atom stereocenters. The number of alkyl halides is 2. The second-order valence-corrected chi connectivity index (χ2v) is 7.66. The van der Waals surface area contributed by atoms with Gasteiger partial charge in [0.1, 0.15) is 0 Å². The minimum Gasteiger partial charge on any atom is -0.481 e. The van der Waals surface area contributed by atoms with Crippen LogP contribution in [0.2, 0.25) is 0 Å². The lowest BCUT2D eigenvalue weighted by molar-refractivity contribution is -0.487. The number of halogens is 2. The van der Waals surface area contributed by atoms with E-state index >= 15 is 0 Å². The van der Waals surface area contributed by atoms with Crippen molar-refractivity contribution in [1.29, 1.82) is 0 Å². The Labute approximate surface area is 135 Å². The average molecular weight is 416 g/mol. The van der Waals surface area contributed by atoms with Crippen molar-refractivity contribution < 1.29 is 24.1 Å². The maximum absolute atomic E-state index is 10.7. The van der Waals surface area contributed by atoms with Gasteiger partial charge in [-0.15, -0.1) is 0 Å². The van der Waals surface area contributed by atoms with E-state index in [0.29, 0.717) is 26.1 Å².